The van der Waals surface area contributed by atoms with Gasteiger partial charge in [0.1, 0.15) is 5.82 Å². The van der Waals surface area contributed by atoms with Gasteiger partial charge >= 0.3 is 0 Å². The van der Waals surface area contributed by atoms with E-state index in [9.17, 15) is 0 Å². The first kappa shape index (κ1) is 14.1. The van der Waals surface area contributed by atoms with Crippen LogP contribution in [0, 0.1) is 5.92 Å². The van der Waals surface area contributed by atoms with E-state index >= 15 is 0 Å². The molecular weight excluding hydrogens is 260 g/mol. The summed E-state index contributed by atoms with van der Waals surface area (Å²) in [5, 5.41) is 4.59. The van der Waals surface area contributed by atoms with E-state index in [4.69, 9.17) is 5.73 Å². The Hall–Kier alpha value is -1.81. The van der Waals surface area contributed by atoms with Crippen molar-refractivity contribution >= 4 is 22.4 Å². The molecule has 0 bridgehead atoms. The van der Waals surface area contributed by atoms with Crippen LogP contribution in [0.2, 0.25) is 0 Å². The predicted molar refractivity (Wildman–Crippen MR) is 89.5 cm³/mol. The molecule has 1 aromatic heterocycles. The molecule has 0 aliphatic carbocycles. The summed E-state index contributed by atoms with van der Waals surface area (Å²) in [5.41, 5.74) is 7.57. The molecule has 0 spiro atoms. The third-order valence-corrected chi connectivity index (χ3v) is 4.44. The Morgan fingerprint density at radius 3 is 2.81 bits per heavy atom. The Bertz CT molecular complexity index is 603. The van der Waals surface area contributed by atoms with Gasteiger partial charge in [-0.25, -0.2) is 4.98 Å². The molecule has 1 aliphatic rings. The lowest BCUT2D eigenvalue weighted by atomic mass is 9.97. The molecule has 2 aromatic rings. The molecule has 4 heteroatoms. The number of likely N-dealkylation sites (tertiary alicyclic amines) is 1. The van der Waals surface area contributed by atoms with Crippen molar-refractivity contribution in [1.29, 1.82) is 0 Å². The van der Waals surface area contributed by atoms with E-state index < -0.39 is 0 Å². The fraction of sp³-hybridized carbons (Fsp3) is 0.471. The second kappa shape index (κ2) is 6.31. The molecule has 1 fully saturated rings. The smallest absolute Gasteiger partial charge is 0.126 e. The average molecular weight is 284 g/mol. The summed E-state index contributed by atoms with van der Waals surface area (Å²) in [6.07, 6.45) is 2.57. The molecule has 1 saturated heterocycles. The molecule has 1 aliphatic heterocycles. The van der Waals surface area contributed by atoms with Crippen molar-refractivity contribution in [2.45, 2.75) is 19.8 Å². The molecule has 3 N–H and O–H groups in total. The lowest BCUT2D eigenvalue weighted by Crippen LogP contribution is -2.35. The van der Waals surface area contributed by atoms with Crippen LogP contribution in [0.15, 0.2) is 30.3 Å². The summed E-state index contributed by atoms with van der Waals surface area (Å²) in [4.78, 5) is 7.18. The lowest BCUT2D eigenvalue weighted by Gasteiger charge is -2.31. The molecule has 0 amide bonds. The SMILES string of the molecule is CCN1CCC(CNc2ccc3cc(N)ccc3n2)CC1. The van der Waals surface area contributed by atoms with E-state index in [2.05, 4.69) is 28.2 Å². The zero-order valence-electron chi connectivity index (χ0n) is 12.7. The molecular formula is C17H24N4. The molecule has 0 atom stereocenters. The summed E-state index contributed by atoms with van der Waals surface area (Å²) in [7, 11) is 0. The van der Waals surface area contributed by atoms with Gasteiger partial charge in [-0.1, -0.05) is 6.92 Å². The van der Waals surface area contributed by atoms with Crippen LogP contribution in [-0.2, 0) is 0 Å². The normalized spacial score (nSPS) is 17.2. The standard InChI is InChI=1S/C17H24N4/c1-2-21-9-7-13(8-10-21)12-19-17-6-3-14-11-15(18)4-5-16(14)20-17/h3-6,11,13H,2,7-10,12,18H2,1H3,(H,19,20). The number of piperidine rings is 1. The van der Waals surface area contributed by atoms with Gasteiger partial charge < -0.3 is 16.0 Å². The van der Waals surface area contributed by atoms with Gasteiger partial charge in [-0.3, -0.25) is 0 Å². The van der Waals surface area contributed by atoms with Gasteiger partial charge in [0.25, 0.3) is 0 Å². The Kier molecular flexibility index (Phi) is 4.25. The summed E-state index contributed by atoms with van der Waals surface area (Å²) < 4.78 is 0. The van der Waals surface area contributed by atoms with Gasteiger partial charge in [-0.15, -0.1) is 0 Å². The number of nitrogens with zero attached hydrogens (tertiary/aromatic N) is 2. The van der Waals surface area contributed by atoms with Crippen molar-refractivity contribution < 1.29 is 0 Å². The van der Waals surface area contributed by atoms with Crippen molar-refractivity contribution in [2.24, 2.45) is 5.92 Å². The average Bonchev–Trinajstić information content (AvgIpc) is 2.53. The third-order valence-electron chi connectivity index (χ3n) is 4.44. The monoisotopic (exact) mass is 284 g/mol. The fourth-order valence-electron chi connectivity index (χ4n) is 3.00. The van der Waals surface area contributed by atoms with Crippen LogP contribution in [0.25, 0.3) is 10.9 Å². The Morgan fingerprint density at radius 2 is 2.05 bits per heavy atom. The number of nitrogen functional groups attached to an aromatic ring is 1. The maximum absolute atomic E-state index is 5.79. The van der Waals surface area contributed by atoms with E-state index in [0.29, 0.717) is 0 Å². The minimum Gasteiger partial charge on any atom is -0.399 e. The molecule has 0 saturated carbocycles. The maximum atomic E-state index is 5.79. The van der Waals surface area contributed by atoms with Crippen molar-refractivity contribution in [3.05, 3.63) is 30.3 Å². The first-order chi connectivity index (χ1) is 10.2. The Labute approximate surface area is 126 Å². The highest BCUT2D eigenvalue weighted by atomic mass is 15.1. The minimum atomic E-state index is 0.761. The molecule has 4 nitrogen and oxygen atoms in total. The zero-order valence-corrected chi connectivity index (χ0v) is 12.7. The highest BCUT2D eigenvalue weighted by Gasteiger charge is 2.17. The highest BCUT2D eigenvalue weighted by molar-refractivity contribution is 5.83. The van der Waals surface area contributed by atoms with Gasteiger partial charge in [0.05, 0.1) is 5.52 Å². The second-order valence-electron chi connectivity index (χ2n) is 5.91. The van der Waals surface area contributed by atoms with Crippen molar-refractivity contribution in [3.63, 3.8) is 0 Å². The number of pyridine rings is 1. The van der Waals surface area contributed by atoms with Crippen LogP contribution in [0.5, 0.6) is 0 Å². The van der Waals surface area contributed by atoms with Crippen LogP contribution >= 0.6 is 0 Å². The molecule has 0 radical (unpaired) electrons. The van der Waals surface area contributed by atoms with E-state index in [1.54, 1.807) is 0 Å². The van der Waals surface area contributed by atoms with Crippen molar-refractivity contribution in [3.8, 4) is 0 Å². The van der Waals surface area contributed by atoms with Crippen LogP contribution in [0.4, 0.5) is 11.5 Å². The van der Waals surface area contributed by atoms with Gasteiger partial charge in [0.2, 0.25) is 0 Å². The van der Waals surface area contributed by atoms with Crippen molar-refractivity contribution in [1.82, 2.24) is 9.88 Å². The maximum Gasteiger partial charge on any atom is 0.126 e. The van der Waals surface area contributed by atoms with Gasteiger partial charge in [-0.2, -0.15) is 0 Å². The van der Waals surface area contributed by atoms with E-state index in [0.717, 1.165) is 34.9 Å². The number of benzene rings is 1. The number of nitrogens with one attached hydrogen (secondary N) is 1. The highest BCUT2D eigenvalue weighted by Crippen LogP contribution is 2.20. The molecule has 2 heterocycles. The van der Waals surface area contributed by atoms with E-state index in [-0.39, 0.29) is 0 Å². The third kappa shape index (κ3) is 3.45. The lowest BCUT2D eigenvalue weighted by molar-refractivity contribution is 0.198. The number of hydrogen-bond donors (Lipinski definition) is 2. The second-order valence-corrected chi connectivity index (χ2v) is 5.91. The molecule has 3 rings (SSSR count). The number of anilines is 2. The number of fused-ring (bicyclic) bond motifs is 1. The van der Waals surface area contributed by atoms with E-state index in [1.807, 2.05) is 24.3 Å². The quantitative estimate of drug-likeness (QED) is 0.848. The first-order valence-corrected chi connectivity index (χ1v) is 7.87. The zero-order chi connectivity index (χ0) is 14.7. The predicted octanol–water partition coefficient (Wildman–Crippen LogP) is 2.96. The van der Waals surface area contributed by atoms with Gasteiger partial charge in [0, 0.05) is 17.6 Å². The number of aromatic nitrogens is 1. The minimum absolute atomic E-state index is 0.761. The number of rotatable bonds is 4. The van der Waals surface area contributed by atoms with Gasteiger partial charge in [-0.05, 0) is 68.7 Å². The molecule has 112 valence electrons. The Balaban J connectivity index is 1.59. The summed E-state index contributed by atoms with van der Waals surface area (Å²) in [6.45, 7) is 6.89. The summed E-state index contributed by atoms with van der Waals surface area (Å²) in [5.74, 6) is 1.72. The Morgan fingerprint density at radius 1 is 1.24 bits per heavy atom. The molecule has 21 heavy (non-hydrogen) atoms. The van der Waals surface area contributed by atoms with Crippen molar-refractivity contribution in [2.75, 3.05) is 37.2 Å². The molecule has 0 unspecified atom stereocenters. The number of nitrogens with two attached hydrogens (primary N) is 1. The van der Waals surface area contributed by atoms with Crippen LogP contribution < -0.4 is 11.1 Å². The fourth-order valence-corrected chi connectivity index (χ4v) is 3.00. The van der Waals surface area contributed by atoms with E-state index in [1.165, 1.54) is 32.5 Å². The largest absolute Gasteiger partial charge is 0.399 e. The first-order valence-electron chi connectivity index (χ1n) is 7.87. The summed E-state index contributed by atoms with van der Waals surface area (Å²) >= 11 is 0. The van der Waals surface area contributed by atoms with Gasteiger partial charge in [0.15, 0.2) is 0 Å². The van der Waals surface area contributed by atoms with Crippen LogP contribution in [0.3, 0.4) is 0 Å². The summed E-state index contributed by atoms with van der Waals surface area (Å²) in [6, 6.07) is 9.98. The molecule has 1 aromatic carbocycles. The van der Waals surface area contributed by atoms with Crippen LogP contribution in [-0.4, -0.2) is 36.1 Å². The van der Waals surface area contributed by atoms with Crippen LogP contribution in [0.1, 0.15) is 19.8 Å². The topological polar surface area (TPSA) is 54.2 Å². The number of hydrogen-bond acceptors (Lipinski definition) is 4.